The van der Waals surface area contributed by atoms with E-state index in [0.29, 0.717) is 12.8 Å². The number of ether oxygens (including phenoxy) is 1. The van der Waals surface area contributed by atoms with Crippen molar-refractivity contribution in [2.75, 3.05) is 7.11 Å². The van der Waals surface area contributed by atoms with E-state index < -0.39 is 11.4 Å². The quantitative estimate of drug-likeness (QED) is 0.447. The van der Waals surface area contributed by atoms with Crippen LogP contribution >= 0.6 is 0 Å². The van der Waals surface area contributed by atoms with Crippen LogP contribution in [-0.4, -0.2) is 18.9 Å². The van der Waals surface area contributed by atoms with Crippen LogP contribution in [0.25, 0.3) is 0 Å². The van der Waals surface area contributed by atoms with Crippen molar-refractivity contribution in [1.29, 1.82) is 0 Å². The normalized spacial score (nSPS) is 27.6. The molecule has 2 bridgehead atoms. The second kappa shape index (κ2) is 4.30. The maximum absolute atomic E-state index is 12.8. The lowest BCUT2D eigenvalue weighted by atomic mass is 9.59. The van der Waals surface area contributed by atoms with Crippen molar-refractivity contribution in [3.63, 3.8) is 0 Å². The Kier molecular flexibility index (Phi) is 2.82. The zero-order valence-corrected chi connectivity index (χ0v) is 12.0. The third-order valence-electron chi connectivity index (χ3n) is 4.49. The maximum atomic E-state index is 12.8. The molecule has 2 aliphatic rings. The van der Waals surface area contributed by atoms with Gasteiger partial charge in [0.1, 0.15) is 0 Å². The molecule has 0 radical (unpaired) electrons. The highest BCUT2D eigenvalue weighted by atomic mass is 16.5. The first-order valence-electron chi connectivity index (χ1n) is 6.89. The molecule has 1 aromatic rings. The Morgan fingerprint density at radius 3 is 2.80 bits per heavy atom. The smallest absolute Gasteiger partial charge is 0.324 e. The number of esters is 1. The monoisotopic (exact) mass is 270 g/mol. The third kappa shape index (κ3) is 1.59. The molecule has 0 N–H and O–H groups in total. The predicted molar refractivity (Wildman–Crippen MR) is 75.4 cm³/mol. The number of ketones is 1. The summed E-state index contributed by atoms with van der Waals surface area (Å²) in [6, 6.07) is 6.04. The average molecular weight is 270 g/mol. The van der Waals surface area contributed by atoms with Crippen molar-refractivity contribution in [2.24, 2.45) is 5.92 Å². The van der Waals surface area contributed by atoms with Crippen molar-refractivity contribution >= 4 is 11.8 Å². The van der Waals surface area contributed by atoms with Crippen LogP contribution in [0, 0.1) is 12.8 Å². The first kappa shape index (κ1) is 13.1. The van der Waals surface area contributed by atoms with Gasteiger partial charge in [0.15, 0.2) is 11.2 Å². The van der Waals surface area contributed by atoms with Crippen LogP contribution in [-0.2, 0) is 26.2 Å². The van der Waals surface area contributed by atoms with E-state index >= 15 is 0 Å². The van der Waals surface area contributed by atoms with Gasteiger partial charge in [0, 0.05) is 5.92 Å². The van der Waals surface area contributed by atoms with Gasteiger partial charge in [-0.05, 0) is 37.8 Å². The third-order valence-corrected chi connectivity index (χ3v) is 4.49. The minimum Gasteiger partial charge on any atom is -0.468 e. The molecule has 104 valence electrons. The van der Waals surface area contributed by atoms with E-state index in [9.17, 15) is 9.59 Å². The summed E-state index contributed by atoms with van der Waals surface area (Å²) in [6.45, 7) is 3.96. The minimum atomic E-state index is -1.13. The lowest BCUT2D eigenvalue weighted by molar-refractivity contribution is -0.154. The van der Waals surface area contributed by atoms with Crippen molar-refractivity contribution in [2.45, 2.75) is 32.1 Å². The zero-order valence-electron chi connectivity index (χ0n) is 12.0. The van der Waals surface area contributed by atoms with Crippen LogP contribution in [0.1, 0.15) is 30.0 Å². The first-order chi connectivity index (χ1) is 9.49. The second-order valence-electron chi connectivity index (χ2n) is 5.92. The van der Waals surface area contributed by atoms with E-state index in [1.54, 1.807) is 0 Å². The van der Waals surface area contributed by atoms with Crippen LogP contribution in [0.5, 0.6) is 0 Å². The first-order valence-corrected chi connectivity index (χ1v) is 6.89. The van der Waals surface area contributed by atoms with Gasteiger partial charge >= 0.3 is 5.97 Å². The molecule has 0 amide bonds. The molecule has 0 saturated carbocycles. The Morgan fingerprint density at radius 2 is 2.10 bits per heavy atom. The Balaban J connectivity index is 2.31. The Bertz CT molecular complexity index is 642. The zero-order chi connectivity index (χ0) is 14.5. The summed E-state index contributed by atoms with van der Waals surface area (Å²) in [5, 5.41) is 0. The molecule has 0 heterocycles. The van der Waals surface area contributed by atoms with Gasteiger partial charge in [-0.15, -0.1) is 0 Å². The van der Waals surface area contributed by atoms with Gasteiger partial charge in [-0.1, -0.05) is 35.4 Å². The standard InChI is InChI=1S/C17H18O3/c1-10-4-5-12-8-13-6-11(2)9-17(15(13)18,14(12)7-10)16(19)20-3/h4-7,13H,8-9H2,1-3H3/t13-,17-/m0/s1. The molecule has 0 spiro atoms. The van der Waals surface area contributed by atoms with Gasteiger partial charge in [0.05, 0.1) is 7.11 Å². The van der Waals surface area contributed by atoms with E-state index in [0.717, 1.165) is 22.3 Å². The van der Waals surface area contributed by atoms with Gasteiger partial charge in [0.25, 0.3) is 0 Å². The molecule has 0 unspecified atom stereocenters. The number of aryl methyl sites for hydroxylation is 1. The number of hydrogen-bond acceptors (Lipinski definition) is 3. The number of Topliss-reactive ketones (excluding diaryl/α,β-unsaturated/α-hetero) is 1. The number of methoxy groups -OCH3 is 1. The van der Waals surface area contributed by atoms with E-state index in [-0.39, 0.29) is 11.7 Å². The minimum absolute atomic E-state index is 0.00644. The molecule has 2 atom stereocenters. The highest BCUT2D eigenvalue weighted by molar-refractivity contribution is 6.13. The number of hydrogen-bond donors (Lipinski definition) is 0. The van der Waals surface area contributed by atoms with E-state index in [1.807, 2.05) is 38.1 Å². The van der Waals surface area contributed by atoms with Crippen LogP contribution in [0.15, 0.2) is 29.8 Å². The molecule has 0 aromatic heterocycles. The molecular formula is C17H18O3. The fourth-order valence-electron chi connectivity index (χ4n) is 3.64. The maximum Gasteiger partial charge on any atom is 0.324 e. The molecule has 3 heteroatoms. The molecule has 3 nitrogen and oxygen atoms in total. The van der Waals surface area contributed by atoms with Crippen molar-refractivity contribution in [3.05, 3.63) is 46.5 Å². The molecule has 1 aromatic carbocycles. The van der Waals surface area contributed by atoms with Gasteiger partial charge in [-0.25, -0.2) is 0 Å². The van der Waals surface area contributed by atoms with Crippen molar-refractivity contribution < 1.29 is 14.3 Å². The summed E-state index contributed by atoms with van der Waals surface area (Å²) < 4.78 is 4.99. The summed E-state index contributed by atoms with van der Waals surface area (Å²) >= 11 is 0. The fraction of sp³-hybridized carbons (Fsp3) is 0.412. The van der Waals surface area contributed by atoms with E-state index in [2.05, 4.69) is 0 Å². The molecule has 0 fully saturated rings. The summed E-state index contributed by atoms with van der Waals surface area (Å²) in [5.41, 5.74) is 2.96. The largest absolute Gasteiger partial charge is 0.468 e. The number of carbonyl (C=O) groups excluding carboxylic acids is 2. The molecular weight excluding hydrogens is 252 g/mol. The molecule has 0 aliphatic heterocycles. The van der Waals surface area contributed by atoms with Gasteiger partial charge < -0.3 is 4.74 Å². The van der Waals surface area contributed by atoms with Gasteiger partial charge in [-0.3, -0.25) is 9.59 Å². The average Bonchev–Trinajstić information content (AvgIpc) is 2.41. The molecule has 0 saturated heterocycles. The van der Waals surface area contributed by atoms with Crippen LogP contribution < -0.4 is 0 Å². The topological polar surface area (TPSA) is 43.4 Å². The Morgan fingerprint density at radius 1 is 1.35 bits per heavy atom. The molecule has 3 rings (SSSR count). The number of benzene rings is 1. The second-order valence-corrected chi connectivity index (χ2v) is 5.92. The highest BCUT2D eigenvalue weighted by Crippen LogP contribution is 2.46. The number of carbonyl (C=O) groups is 2. The summed E-state index contributed by atoms with van der Waals surface area (Å²) in [7, 11) is 1.36. The Labute approximate surface area is 118 Å². The lowest BCUT2D eigenvalue weighted by Gasteiger charge is -2.41. The van der Waals surface area contributed by atoms with Crippen molar-refractivity contribution in [1.82, 2.24) is 0 Å². The summed E-state index contributed by atoms with van der Waals surface area (Å²) in [5.74, 6) is -0.627. The summed E-state index contributed by atoms with van der Waals surface area (Å²) in [6.07, 6.45) is 3.13. The number of fused-ring (bicyclic) bond motifs is 4. The Hall–Kier alpha value is -1.90. The van der Waals surface area contributed by atoms with Crippen LogP contribution in [0.2, 0.25) is 0 Å². The number of rotatable bonds is 1. The van der Waals surface area contributed by atoms with Crippen LogP contribution in [0.3, 0.4) is 0 Å². The number of allylic oxidation sites excluding steroid dienone is 2. The van der Waals surface area contributed by atoms with Gasteiger partial charge in [-0.2, -0.15) is 0 Å². The summed E-state index contributed by atoms with van der Waals surface area (Å²) in [4.78, 5) is 25.3. The van der Waals surface area contributed by atoms with Crippen LogP contribution in [0.4, 0.5) is 0 Å². The predicted octanol–water partition coefficient (Wildman–Crippen LogP) is 2.50. The molecule has 2 aliphatic carbocycles. The van der Waals surface area contributed by atoms with E-state index in [1.165, 1.54) is 7.11 Å². The fourth-order valence-corrected chi connectivity index (χ4v) is 3.64. The van der Waals surface area contributed by atoms with Crippen molar-refractivity contribution in [3.8, 4) is 0 Å². The van der Waals surface area contributed by atoms with Gasteiger partial charge in [0.2, 0.25) is 0 Å². The highest BCUT2D eigenvalue weighted by Gasteiger charge is 2.55. The molecule has 20 heavy (non-hydrogen) atoms. The lowest BCUT2D eigenvalue weighted by Crippen LogP contribution is -2.53. The SMILES string of the molecule is COC(=O)[C@@]12CC(C)=C[C@@H](Cc3ccc(C)cc31)C2=O. The van der Waals surface area contributed by atoms with E-state index in [4.69, 9.17) is 4.74 Å².